The number of fused-ring (bicyclic) bond motifs is 1. The number of rotatable bonds is 6. The molecule has 0 aliphatic heterocycles. The zero-order valence-electron chi connectivity index (χ0n) is 15.3. The molecule has 0 saturated carbocycles. The van der Waals surface area contributed by atoms with Crippen molar-refractivity contribution in [2.45, 2.75) is 6.54 Å². The molecule has 7 heteroatoms. The lowest BCUT2D eigenvalue weighted by Crippen LogP contribution is -2.36. The van der Waals surface area contributed by atoms with Gasteiger partial charge < -0.3 is 20.2 Å². The van der Waals surface area contributed by atoms with Gasteiger partial charge in [-0.1, -0.05) is 12.1 Å². The summed E-state index contributed by atoms with van der Waals surface area (Å²) in [7, 11) is 0. The van der Waals surface area contributed by atoms with Crippen LogP contribution < -0.4 is 21.5 Å². The quantitative estimate of drug-likeness (QED) is 0.391. The van der Waals surface area contributed by atoms with E-state index in [2.05, 4.69) is 20.6 Å². The highest BCUT2D eigenvalue weighted by Crippen LogP contribution is 2.23. The first-order chi connectivity index (χ1) is 14.2. The number of hydrogen-bond acceptors (Lipinski definition) is 5. The number of hydrogen-bond donors (Lipinski definition) is 3. The van der Waals surface area contributed by atoms with Gasteiger partial charge in [0.25, 0.3) is 10.9 Å². The lowest BCUT2D eigenvalue weighted by Gasteiger charge is -2.15. The van der Waals surface area contributed by atoms with Crippen LogP contribution in [0.2, 0.25) is 0 Å². The summed E-state index contributed by atoms with van der Waals surface area (Å²) < 4.78 is 2.01. The third kappa shape index (κ3) is 3.08. The predicted octanol–water partition coefficient (Wildman–Crippen LogP) is 3.31. The second-order valence-corrected chi connectivity index (χ2v) is 6.78. The van der Waals surface area contributed by atoms with E-state index in [-0.39, 0.29) is 5.69 Å². The Morgan fingerprint density at radius 1 is 0.931 bits per heavy atom. The van der Waals surface area contributed by atoms with Crippen molar-refractivity contribution in [2.24, 2.45) is 0 Å². The molecule has 0 fully saturated rings. The van der Waals surface area contributed by atoms with Gasteiger partial charge in [0.1, 0.15) is 11.4 Å². The van der Waals surface area contributed by atoms with E-state index in [1.165, 1.54) is 0 Å². The smallest absolute Gasteiger partial charge is 0.253 e. The summed E-state index contributed by atoms with van der Waals surface area (Å²) in [6.45, 7) is 0.439. The highest BCUT2D eigenvalue weighted by atomic mass is 16.2. The van der Waals surface area contributed by atoms with E-state index in [4.69, 9.17) is 0 Å². The average molecular weight is 383 g/mol. The van der Waals surface area contributed by atoms with Crippen molar-refractivity contribution in [2.75, 3.05) is 10.6 Å². The Kier molecular flexibility index (Phi) is 3.98. The molecular weight excluding hydrogens is 366 g/mol. The van der Waals surface area contributed by atoms with Gasteiger partial charge in [-0.05, 0) is 48.0 Å². The second-order valence-electron chi connectivity index (χ2n) is 6.78. The van der Waals surface area contributed by atoms with Crippen molar-refractivity contribution < 1.29 is 0 Å². The van der Waals surface area contributed by atoms with Crippen LogP contribution in [-0.2, 0) is 6.54 Å². The first kappa shape index (κ1) is 17.0. The first-order valence-corrected chi connectivity index (χ1v) is 9.19. The van der Waals surface area contributed by atoms with Gasteiger partial charge in [-0.3, -0.25) is 9.59 Å². The maximum absolute atomic E-state index is 12.1. The topological polar surface area (TPSA) is 91.8 Å². The molecule has 0 spiro atoms. The molecule has 0 aliphatic carbocycles. The average Bonchev–Trinajstić information content (AvgIpc) is 3.44. The van der Waals surface area contributed by atoms with E-state index >= 15 is 0 Å². The normalized spacial score (nSPS) is 11.2. The van der Waals surface area contributed by atoms with E-state index in [9.17, 15) is 9.59 Å². The summed E-state index contributed by atoms with van der Waals surface area (Å²) >= 11 is 0. The molecule has 29 heavy (non-hydrogen) atoms. The monoisotopic (exact) mass is 383 g/mol. The molecule has 3 aromatic carbocycles. The SMILES string of the molecule is O=c1c(NCc2cccc(-n3cccc3)c2)c(Nc2ccc3nc[nH]c3c2)c1=O. The molecule has 0 bridgehead atoms. The minimum Gasteiger partial charge on any atom is -0.376 e. The van der Waals surface area contributed by atoms with E-state index in [1.54, 1.807) is 6.33 Å². The van der Waals surface area contributed by atoms with Crippen LogP contribution in [0.1, 0.15) is 5.56 Å². The molecule has 3 N–H and O–H groups in total. The van der Waals surface area contributed by atoms with Crippen molar-refractivity contribution in [3.63, 3.8) is 0 Å². The minimum absolute atomic E-state index is 0.287. The molecule has 2 heterocycles. The van der Waals surface area contributed by atoms with Crippen LogP contribution in [0.4, 0.5) is 17.1 Å². The van der Waals surface area contributed by atoms with Crippen LogP contribution in [0.25, 0.3) is 16.7 Å². The Morgan fingerprint density at radius 2 is 1.76 bits per heavy atom. The predicted molar refractivity (Wildman–Crippen MR) is 114 cm³/mol. The second kappa shape index (κ2) is 6.79. The third-order valence-electron chi connectivity index (χ3n) is 4.88. The fourth-order valence-corrected chi connectivity index (χ4v) is 3.36. The lowest BCUT2D eigenvalue weighted by molar-refractivity contribution is 1.06. The Balaban J connectivity index is 1.35. The Bertz CT molecular complexity index is 1370. The van der Waals surface area contributed by atoms with Gasteiger partial charge in [0.2, 0.25) is 0 Å². The Morgan fingerprint density at radius 3 is 2.62 bits per heavy atom. The Hall–Kier alpha value is -4.13. The van der Waals surface area contributed by atoms with Crippen LogP contribution in [0.5, 0.6) is 0 Å². The molecule has 0 atom stereocenters. The fraction of sp³-hybridized carbons (Fsp3) is 0.0455. The summed E-state index contributed by atoms with van der Waals surface area (Å²) in [6.07, 6.45) is 5.56. The number of aromatic nitrogens is 3. The number of benzene rings is 2. The van der Waals surface area contributed by atoms with E-state index < -0.39 is 10.9 Å². The molecule has 5 aromatic rings. The standard InChI is InChI=1S/C22H17N5O2/c28-21-19(23-12-14-4-3-5-16(10-14)27-8-1-2-9-27)20(22(21)29)26-15-6-7-17-18(11-15)25-13-24-17/h1-11,13,23,26H,12H2,(H,24,25). The van der Waals surface area contributed by atoms with Crippen LogP contribution in [-0.4, -0.2) is 14.5 Å². The molecule has 0 amide bonds. The molecule has 5 rings (SSSR count). The number of nitrogens with zero attached hydrogens (tertiary/aromatic N) is 2. The molecule has 0 aliphatic rings. The van der Waals surface area contributed by atoms with Gasteiger partial charge in [0.15, 0.2) is 0 Å². The number of imidazole rings is 1. The van der Waals surface area contributed by atoms with Crippen molar-refractivity contribution in [1.29, 1.82) is 0 Å². The fourth-order valence-electron chi connectivity index (χ4n) is 3.36. The number of nitrogens with one attached hydrogen (secondary N) is 3. The maximum Gasteiger partial charge on any atom is 0.253 e. The van der Waals surface area contributed by atoms with Crippen LogP contribution >= 0.6 is 0 Å². The summed E-state index contributed by atoms with van der Waals surface area (Å²) in [5, 5.41) is 6.16. The highest BCUT2D eigenvalue weighted by molar-refractivity contribution is 5.84. The summed E-state index contributed by atoms with van der Waals surface area (Å²) in [6, 6.07) is 17.4. The minimum atomic E-state index is -0.515. The third-order valence-corrected chi connectivity index (χ3v) is 4.88. The zero-order chi connectivity index (χ0) is 19.8. The van der Waals surface area contributed by atoms with Gasteiger partial charge >= 0.3 is 0 Å². The van der Waals surface area contributed by atoms with Gasteiger partial charge in [-0.15, -0.1) is 0 Å². The molecule has 2 aromatic heterocycles. The molecule has 7 nitrogen and oxygen atoms in total. The van der Waals surface area contributed by atoms with Crippen molar-refractivity contribution in [3.8, 4) is 5.69 Å². The van der Waals surface area contributed by atoms with E-state index in [0.29, 0.717) is 17.9 Å². The van der Waals surface area contributed by atoms with Gasteiger partial charge in [-0.25, -0.2) is 4.98 Å². The lowest BCUT2D eigenvalue weighted by atomic mass is 10.1. The summed E-state index contributed by atoms with van der Waals surface area (Å²) in [4.78, 5) is 31.4. The largest absolute Gasteiger partial charge is 0.376 e. The van der Waals surface area contributed by atoms with Crippen LogP contribution in [0.15, 0.2) is 82.9 Å². The van der Waals surface area contributed by atoms with Crippen LogP contribution in [0.3, 0.4) is 0 Å². The molecule has 0 unspecified atom stereocenters. The van der Waals surface area contributed by atoms with Gasteiger partial charge in [0.05, 0.1) is 17.4 Å². The molecule has 0 radical (unpaired) electrons. The molecular formula is C22H17N5O2. The van der Waals surface area contributed by atoms with Crippen molar-refractivity contribution >= 4 is 28.1 Å². The van der Waals surface area contributed by atoms with E-state index in [1.807, 2.05) is 71.6 Å². The molecule has 142 valence electrons. The van der Waals surface area contributed by atoms with Gasteiger partial charge in [-0.2, -0.15) is 0 Å². The van der Waals surface area contributed by atoms with Crippen LogP contribution in [0, 0.1) is 0 Å². The maximum atomic E-state index is 12.1. The highest BCUT2D eigenvalue weighted by Gasteiger charge is 2.21. The zero-order valence-corrected chi connectivity index (χ0v) is 15.3. The molecule has 0 saturated heterocycles. The van der Waals surface area contributed by atoms with Gasteiger partial charge in [0, 0.05) is 30.3 Å². The number of aromatic amines is 1. The van der Waals surface area contributed by atoms with Crippen molar-refractivity contribution in [1.82, 2.24) is 14.5 Å². The van der Waals surface area contributed by atoms with E-state index in [0.717, 1.165) is 22.3 Å². The summed E-state index contributed by atoms with van der Waals surface area (Å²) in [5.74, 6) is 0. The summed E-state index contributed by atoms with van der Waals surface area (Å²) in [5.41, 5.74) is 4.02. The Labute approximate surface area is 165 Å². The van der Waals surface area contributed by atoms with Crippen molar-refractivity contribution in [3.05, 3.63) is 99.3 Å². The number of H-pyrrole nitrogens is 1. The first-order valence-electron chi connectivity index (χ1n) is 9.19. The number of anilines is 3.